The summed E-state index contributed by atoms with van der Waals surface area (Å²) in [6.07, 6.45) is 1.87. The number of hydrogen-bond acceptors (Lipinski definition) is 11. The number of rotatable bonds is 13. The maximum absolute atomic E-state index is 14.0. The van der Waals surface area contributed by atoms with Gasteiger partial charge in [0.25, 0.3) is 5.91 Å². The van der Waals surface area contributed by atoms with Gasteiger partial charge in [0.1, 0.15) is 0 Å². The van der Waals surface area contributed by atoms with Crippen molar-refractivity contribution >= 4 is 62.9 Å². The van der Waals surface area contributed by atoms with E-state index in [1.165, 1.54) is 39.3 Å². The number of anilines is 1. The Balaban J connectivity index is 1.54. The summed E-state index contributed by atoms with van der Waals surface area (Å²) in [7, 11) is 0. The molecule has 0 aliphatic carbocycles. The Morgan fingerprint density at radius 2 is 1.84 bits per heavy atom. The van der Waals surface area contributed by atoms with Crippen LogP contribution in [0.5, 0.6) is 11.5 Å². The molecule has 1 unspecified atom stereocenters. The molecule has 0 bridgehead atoms. The number of ether oxygens (including phenoxy) is 2. The van der Waals surface area contributed by atoms with E-state index in [0.717, 1.165) is 18.4 Å². The van der Waals surface area contributed by atoms with Crippen molar-refractivity contribution in [1.29, 1.82) is 0 Å². The van der Waals surface area contributed by atoms with Crippen LogP contribution in [0, 0.1) is 13.8 Å². The molecule has 2 aromatic carbocycles. The van der Waals surface area contributed by atoms with E-state index in [-0.39, 0.29) is 10.7 Å². The normalized spacial score (nSPS) is 14.9. The van der Waals surface area contributed by atoms with Gasteiger partial charge in [-0.1, -0.05) is 66.2 Å². The molecule has 0 saturated carbocycles. The molecule has 4 aromatic rings. The molecule has 13 heteroatoms. The quantitative estimate of drug-likeness (QED) is 0.0655. The molecule has 1 atom stereocenters. The lowest BCUT2D eigenvalue weighted by atomic mass is 9.95. The van der Waals surface area contributed by atoms with E-state index in [0.29, 0.717) is 61.0 Å². The second kappa shape index (κ2) is 14.1. The molecule has 1 N–H and O–H groups in total. The second-order valence-electron chi connectivity index (χ2n) is 9.92. The predicted molar refractivity (Wildman–Crippen MR) is 175 cm³/mol. The SMILES string of the molecule is CCCCOc1ccc(C2C(C(=O)c3sc(C)nc3C)=C(O)C(=O)N2c2nnc(SCc3ccc(Cl)cc3)s2)cc1OCC. The molecular weight excluding hydrogens is 640 g/mol. The molecule has 1 amide bonds. The lowest BCUT2D eigenvalue weighted by molar-refractivity contribution is -0.117. The van der Waals surface area contributed by atoms with E-state index in [4.69, 9.17) is 21.1 Å². The Hall–Kier alpha value is -3.45. The van der Waals surface area contributed by atoms with Crippen molar-refractivity contribution < 1.29 is 24.2 Å². The van der Waals surface area contributed by atoms with Crippen LogP contribution in [0.1, 0.15) is 64.2 Å². The number of carbonyl (C=O) groups excluding carboxylic acids is 2. The summed E-state index contributed by atoms with van der Waals surface area (Å²) in [4.78, 5) is 33.8. The van der Waals surface area contributed by atoms with E-state index in [1.807, 2.05) is 38.1 Å². The molecular formula is C31H31ClN4O5S3. The number of aromatic nitrogens is 3. The number of halogens is 1. The molecule has 1 aliphatic rings. The van der Waals surface area contributed by atoms with Crippen LogP contribution in [-0.2, 0) is 10.5 Å². The first-order chi connectivity index (χ1) is 21.2. The number of aliphatic hydroxyl groups excluding tert-OH is 1. The first-order valence-electron chi connectivity index (χ1n) is 14.1. The number of amides is 1. The first kappa shape index (κ1) is 32.0. The van der Waals surface area contributed by atoms with Gasteiger partial charge < -0.3 is 14.6 Å². The number of nitrogens with zero attached hydrogens (tertiary/aromatic N) is 4. The number of thioether (sulfide) groups is 1. The third kappa shape index (κ3) is 6.78. The third-order valence-electron chi connectivity index (χ3n) is 6.78. The van der Waals surface area contributed by atoms with Gasteiger partial charge in [0, 0.05) is 10.8 Å². The van der Waals surface area contributed by atoms with Gasteiger partial charge >= 0.3 is 0 Å². The highest BCUT2D eigenvalue weighted by Crippen LogP contribution is 2.46. The number of unbranched alkanes of at least 4 members (excludes halogenated alkanes) is 1. The Kier molecular flexibility index (Phi) is 10.2. The van der Waals surface area contributed by atoms with E-state index in [9.17, 15) is 14.7 Å². The van der Waals surface area contributed by atoms with Crippen LogP contribution >= 0.6 is 46.0 Å². The average molecular weight is 671 g/mol. The summed E-state index contributed by atoms with van der Waals surface area (Å²) in [6.45, 7) is 8.41. The smallest absolute Gasteiger partial charge is 0.296 e. The third-order valence-corrected chi connectivity index (χ3v) is 10.2. The minimum Gasteiger partial charge on any atom is -0.503 e. The van der Waals surface area contributed by atoms with Crippen molar-refractivity contribution in [3.05, 3.63) is 85.5 Å². The number of aliphatic hydroxyl groups is 1. The molecule has 44 heavy (non-hydrogen) atoms. The lowest BCUT2D eigenvalue weighted by Gasteiger charge is -2.25. The fraction of sp³-hybridized carbons (Fsp3) is 0.323. The van der Waals surface area contributed by atoms with Crippen LogP contribution in [0.25, 0.3) is 0 Å². The van der Waals surface area contributed by atoms with E-state index in [2.05, 4.69) is 22.1 Å². The number of aryl methyl sites for hydroxylation is 2. The van der Waals surface area contributed by atoms with Crippen LogP contribution in [0.4, 0.5) is 5.13 Å². The summed E-state index contributed by atoms with van der Waals surface area (Å²) in [5, 5.41) is 21.5. The van der Waals surface area contributed by atoms with Gasteiger partial charge in [-0.3, -0.25) is 14.5 Å². The number of carbonyl (C=O) groups is 2. The summed E-state index contributed by atoms with van der Waals surface area (Å²) in [5.41, 5.74) is 2.10. The zero-order valence-electron chi connectivity index (χ0n) is 24.6. The molecule has 0 saturated heterocycles. The van der Waals surface area contributed by atoms with Crippen molar-refractivity contribution in [2.24, 2.45) is 0 Å². The number of hydrogen-bond donors (Lipinski definition) is 1. The number of Topliss-reactive ketones (excluding diaryl/α,β-unsaturated/α-hetero) is 1. The predicted octanol–water partition coefficient (Wildman–Crippen LogP) is 7.92. The highest BCUT2D eigenvalue weighted by Gasteiger charge is 2.47. The van der Waals surface area contributed by atoms with Gasteiger partial charge in [0.05, 0.1) is 40.4 Å². The van der Waals surface area contributed by atoms with Crippen LogP contribution < -0.4 is 14.4 Å². The Bertz CT molecular complexity index is 1700. The highest BCUT2D eigenvalue weighted by molar-refractivity contribution is 8.00. The first-order valence-corrected chi connectivity index (χ1v) is 17.1. The summed E-state index contributed by atoms with van der Waals surface area (Å²) in [5.74, 6) is -0.159. The minimum atomic E-state index is -0.984. The zero-order valence-corrected chi connectivity index (χ0v) is 27.8. The standard InChI is InChI=1S/C31H31ClN4O5S3/c1-5-7-14-41-22-13-10-20(15-23(22)40-6-2)25-24(26(37)28-17(3)33-18(4)43-28)27(38)29(39)36(25)30-34-35-31(44-30)42-16-19-8-11-21(32)12-9-19/h8-13,15,25,38H,5-7,14,16H2,1-4H3. The fourth-order valence-electron chi connectivity index (χ4n) is 4.71. The van der Waals surface area contributed by atoms with E-state index < -0.39 is 23.5 Å². The van der Waals surface area contributed by atoms with Crippen molar-refractivity contribution in [1.82, 2.24) is 15.2 Å². The van der Waals surface area contributed by atoms with Crippen molar-refractivity contribution in [2.45, 2.75) is 56.7 Å². The summed E-state index contributed by atoms with van der Waals surface area (Å²) in [6, 6.07) is 11.8. The van der Waals surface area contributed by atoms with E-state index in [1.54, 1.807) is 25.1 Å². The maximum Gasteiger partial charge on any atom is 0.296 e. The fourth-order valence-corrected chi connectivity index (χ4v) is 7.53. The maximum atomic E-state index is 14.0. The molecule has 0 spiro atoms. The Morgan fingerprint density at radius 3 is 2.52 bits per heavy atom. The van der Waals surface area contributed by atoms with Crippen LogP contribution in [-0.4, -0.2) is 45.2 Å². The van der Waals surface area contributed by atoms with Gasteiger partial charge in [-0.2, -0.15) is 0 Å². The van der Waals surface area contributed by atoms with Crippen LogP contribution in [0.2, 0.25) is 5.02 Å². The highest BCUT2D eigenvalue weighted by atomic mass is 35.5. The molecule has 0 radical (unpaired) electrons. The zero-order chi connectivity index (χ0) is 31.4. The second-order valence-corrected chi connectivity index (χ2v) is 13.7. The minimum absolute atomic E-state index is 0.0468. The molecule has 3 heterocycles. The average Bonchev–Trinajstić information content (AvgIpc) is 3.68. The molecule has 0 fully saturated rings. The van der Waals surface area contributed by atoms with Gasteiger partial charge in [0.2, 0.25) is 10.9 Å². The van der Waals surface area contributed by atoms with Crippen LogP contribution in [0.3, 0.4) is 0 Å². The van der Waals surface area contributed by atoms with Gasteiger partial charge in [0.15, 0.2) is 21.6 Å². The molecule has 1 aliphatic heterocycles. The van der Waals surface area contributed by atoms with Crippen molar-refractivity contribution in [3.8, 4) is 11.5 Å². The van der Waals surface area contributed by atoms with Gasteiger partial charge in [-0.15, -0.1) is 21.5 Å². The molecule has 5 rings (SSSR count). The number of thiazole rings is 1. The van der Waals surface area contributed by atoms with Crippen LogP contribution in [0.15, 0.2) is 58.1 Å². The largest absolute Gasteiger partial charge is 0.503 e. The Labute approximate surface area is 272 Å². The summed E-state index contributed by atoms with van der Waals surface area (Å²) >= 11 is 9.91. The topological polar surface area (TPSA) is 115 Å². The Morgan fingerprint density at radius 1 is 1.07 bits per heavy atom. The van der Waals surface area contributed by atoms with Crippen molar-refractivity contribution in [3.63, 3.8) is 0 Å². The lowest BCUT2D eigenvalue weighted by Crippen LogP contribution is -2.31. The number of ketones is 1. The molecule has 2 aromatic heterocycles. The monoisotopic (exact) mass is 670 g/mol. The van der Waals surface area contributed by atoms with Gasteiger partial charge in [-0.05, 0) is 62.6 Å². The number of benzene rings is 2. The van der Waals surface area contributed by atoms with Crippen molar-refractivity contribution in [2.75, 3.05) is 18.1 Å². The van der Waals surface area contributed by atoms with Gasteiger partial charge in [-0.25, -0.2) is 4.98 Å². The molecule has 230 valence electrons. The van der Waals surface area contributed by atoms with E-state index >= 15 is 0 Å². The molecule has 9 nitrogen and oxygen atoms in total. The summed E-state index contributed by atoms with van der Waals surface area (Å²) < 4.78 is 12.5.